The van der Waals surface area contributed by atoms with Gasteiger partial charge in [0.25, 0.3) is 0 Å². The number of nitrogens with one attached hydrogen (secondary N) is 1. The molecule has 1 aromatic rings. The van der Waals surface area contributed by atoms with E-state index >= 15 is 0 Å². The summed E-state index contributed by atoms with van der Waals surface area (Å²) in [4.78, 5) is 1.37. The lowest BCUT2D eigenvalue weighted by molar-refractivity contribution is -0.921. The maximum absolute atomic E-state index is 10.1. The smallest absolute Gasteiger partial charge is 0.124 e. The number of hydrogen-bond acceptors (Lipinski definition) is 2. The molecule has 0 aromatic heterocycles. The number of aryl methyl sites for hydroxylation is 1. The monoisotopic (exact) mass is 264 g/mol. The molecule has 1 aromatic carbocycles. The third-order valence-corrected chi connectivity index (χ3v) is 4.12. The van der Waals surface area contributed by atoms with Gasteiger partial charge in [0, 0.05) is 5.56 Å². The van der Waals surface area contributed by atoms with Gasteiger partial charge in [-0.05, 0) is 48.9 Å². The minimum Gasteiger partial charge on any atom is -0.507 e. The zero-order chi connectivity index (χ0) is 14.0. The predicted molar refractivity (Wildman–Crippen MR) is 76.6 cm³/mol. The molecular weight excluding hydrogens is 238 g/mol. The molecule has 1 aliphatic heterocycles. The Balaban J connectivity index is 2.17. The van der Waals surface area contributed by atoms with E-state index in [4.69, 9.17) is 0 Å². The van der Waals surface area contributed by atoms with Crippen LogP contribution in [0.3, 0.4) is 0 Å². The quantitative estimate of drug-likeness (QED) is 0.772. The van der Waals surface area contributed by atoms with Crippen molar-refractivity contribution in [3.63, 3.8) is 0 Å². The molecule has 2 rings (SSSR count). The molecule has 1 aliphatic rings. The van der Waals surface area contributed by atoms with Crippen LogP contribution >= 0.6 is 0 Å². The molecule has 0 amide bonds. The number of piperidine rings is 1. The first kappa shape index (κ1) is 14.4. The van der Waals surface area contributed by atoms with Crippen LogP contribution in [0.25, 0.3) is 0 Å². The van der Waals surface area contributed by atoms with E-state index in [0.717, 1.165) is 43.6 Å². The number of aliphatic hydroxyl groups is 1. The second-order valence-electron chi connectivity index (χ2n) is 6.17. The van der Waals surface area contributed by atoms with E-state index in [1.54, 1.807) is 0 Å². The molecule has 2 atom stereocenters. The SMILES string of the molecule is Cc1cc(O)c(C[NH+]2CCC[C@@H](O)C2)cc1C(C)C. The van der Waals surface area contributed by atoms with Gasteiger partial charge < -0.3 is 15.1 Å². The fourth-order valence-corrected chi connectivity index (χ4v) is 3.08. The Morgan fingerprint density at radius 2 is 2.11 bits per heavy atom. The van der Waals surface area contributed by atoms with Crippen molar-refractivity contribution >= 4 is 0 Å². The molecule has 1 fully saturated rings. The molecule has 1 heterocycles. The first-order chi connectivity index (χ1) is 8.97. The number of rotatable bonds is 3. The van der Waals surface area contributed by atoms with E-state index in [0.29, 0.717) is 11.7 Å². The van der Waals surface area contributed by atoms with Gasteiger partial charge in [-0.3, -0.25) is 0 Å². The summed E-state index contributed by atoms with van der Waals surface area (Å²) < 4.78 is 0. The van der Waals surface area contributed by atoms with Crippen molar-refractivity contribution in [3.05, 3.63) is 28.8 Å². The van der Waals surface area contributed by atoms with Crippen LogP contribution in [0.15, 0.2) is 12.1 Å². The lowest BCUT2D eigenvalue weighted by atomic mass is 9.94. The molecule has 1 unspecified atom stereocenters. The van der Waals surface area contributed by atoms with Gasteiger partial charge in [-0.15, -0.1) is 0 Å². The Morgan fingerprint density at radius 1 is 1.37 bits per heavy atom. The number of aliphatic hydroxyl groups excluding tert-OH is 1. The Labute approximate surface area is 115 Å². The fraction of sp³-hybridized carbons (Fsp3) is 0.625. The van der Waals surface area contributed by atoms with Crippen molar-refractivity contribution in [1.82, 2.24) is 0 Å². The fourth-order valence-electron chi connectivity index (χ4n) is 3.08. The van der Waals surface area contributed by atoms with Crippen molar-refractivity contribution in [2.75, 3.05) is 13.1 Å². The Bertz CT molecular complexity index is 443. The van der Waals surface area contributed by atoms with E-state index in [1.807, 2.05) is 6.07 Å². The highest BCUT2D eigenvalue weighted by atomic mass is 16.3. The molecule has 0 radical (unpaired) electrons. The van der Waals surface area contributed by atoms with E-state index in [2.05, 4.69) is 26.8 Å². The minimum atomic E-state index is -0.180. The molecule has 1 saturated heterocycles. The molecule has 0 saturated carbocycles. The van der Waals surface area contributed by atoms with Crippen molar-refractivity contribution in [2.45, 2.75) is 52.2 Å². The maximum atomic E-state index is 10.1. The van der Waals surface area contributed by atoms with Gasteiger partial charge >= 0.3 is 0 Å². The normalized spacial score (nSPS) is 23.8. The topological polar surface area (TPSA) is 44.9 Å². The maximum Gasteiger partial charge on any atom is 0.124 e. The molecule has 3 heteroatoms. The van der Waals surface area contributed by atoms with Crippen LogP contribution in [0.4, 0.5) is 0 Å². The van der Waals surface area contributed by atoms with Crippen LogP contribution in [-0.2, 0) is 6.54 Å². The van der Waals surface area contributed by atoms with Gasteiger partial charge in [0.1, 0.15) is 24.9 Å². The van der Waals surface area contributed by atoms with Gasteiger partial charge in [-0.25, -0.2) is 0 Å². The summed E-state index contributed by atoms with van der Waals surface area (Å²) in [6.07, 6.45) is 1.81. The lowest BCUT2D eigenvalue weighted by Gasteiger charge is -2.27. The first-order valence-electron chi connectivity index (χ1n) is 7.31. The summed E-state index contributed by atoms with van der Waals surface area (Å²) in [7, 11) is 0. The molecule has 106 valence electrons. The van der Waals surface area contributed by atoms with Gasteiger partial charge in [0.15, 0.2) is 0 Å². The summed E-state index contributed by atoms with van der Waals surface area (Å²) in [5.74, 6) is 0.871. The van der Waals surface area contributed by atoms with Crippen molar-refractivity contribution in [2.24, 2.45) is 0 Å². The summed E-state index contributed by atoms with van der Waals surface area (Å²) in [5, 5.41) is 19.8. The molecular formula is C16H26NO2+. The van der Waals surface area contributed by atoms with E-state index in [-0.39, 0.29) is 6.10 Å². The Hall–Kier alpha value is -1.06. The lowest BCUT2D eigenvalue weighted by Crippen LogP contribution is -3.12. The molecule has 0 spiro atoms. The number of quaternary nitrogens is 1. The number of phenolic OH excluding ortho intramolecular Hbond substituents is 1. The average Bonchev–Trinajstić information content (AvgIpc) is 2.32. The van der Waals surface area contributed by atoms with E-state index < -0.39 is 0 Å². The first-order valence-corrected chi connectivity index (χ1v) is 7.31. The molecule has 3 nitrogen and oxygen atoms in total. The highest BCUT2D eigenvalue weighted by molar-refractivity contribution is 5.42. The third kappa shape index (κ3) is 3.48. The number of aromatic hydroxyl groups is 1. The second-order valence-corrected chi connectivity index (χ2v) is 6.17. The zero-order valence-corrected chi connectivity index (χ0v) is 12.2. The van der Waals surface area contributed by atoms with Crippen molar-refractivity contribution in [1.29, 1.82) is 0 Å². The van der Waals surface area contributed by atoms with Gasteiger partial charge in [0.05, 0.1) is 6.54 Å². The van der Waals surface area contributed by atoms with Crippen molar-refractivity contribution < 1.29 is 15.1 Å². The molecule has 0 bridgehead atoms. The summed E-state index contributed by atoms with van der Waals surface area (Å²) in [5.41, 5.74) is 3.48. The van der Waals surface area contributed by atoms with Crippen LogP contribution in [0.1, 0.15) is 49.3 Å². The summed E-state index contributed by atoms with van der Waals surface area (Å²) in [6, 6.07) is 4.02. The van der Waals surface area contributed by atoms with Crippen LogP contribution in [0.2, 0.25) is 0 Å². The number of likely N-dealkylation sites (tertiary alicyclic amines) is 1. The second kappa shape index (κ2) is 5.93. The number of benzene rings is 1. The third-order valence-electron chi connectivity index (χ3n) is 4.12. The average molecular weight is 264 g/mol. The number of phenols is 1. The van der Waals surface area contributed by atoms with Crippen LogP contribution < -0.4 is 4.90 Å². The zero-order valence-electron chi connectivity index (χ0n) is 12.2. The molecule has 3 N–H and O–H groups in total. The molecule has 19 heavy (non-hydrogen) atoms. The van der Waals surface area contributed by atoms with Crippen LogP contribution in [0.5, 0.6) is 5.75 Å². The standard InChI is InChI=1S/C16H25NO2/c1-11(2)15-8-13(16(19)7-12(15)3)9-17-6-4-5-14(18)10-17/h7-8,11,14,18-19H,4-6,9-10H2,1-3H3/p+1/t14-/m1/s1. The number of hydrogen-bond donors (Lipinski definition) is 3. The van der Waals surface area contributed by atoms with Gasteiger partial charge in [-0.2, -0.15) is 0 Å². The highest BCUT2D eigenvalue weighted by Gasteiger charge is 2.22. The van der Waals surface area contributed by atoms with E-state index in [9.17, 15) is 10.2 Å². The van der Waals surface area contributed by atoms with Crippen molar-refractivity contribution in [3.8, 4) is 5.75 Å². The van der Waals surface area contributed by atoms with Crippen LogP contribution in [-0.4, -0.2) is 29.4 Å². The molecule has 0 aliphatic carbocycles. The van der Waals surface area contributed by atoms with Gasteiger partial charge in [-0.1, -0.05) is 13.8 Å². The largest absolute Gasteiger partial charge is 0.507 e. The van der Waals surface area contributed by atoms with E-state index in [1.165, 1.54) is 10.5 Å². The Morgan fingerprint density at radius 3 is 2.74 bits per heavy atom. The van der Waals surface area contributed by atoms with Gasteiger partial charge in [0.2, 0.25) is 0 Å². The predicted octanol–water partition coefficient (Wildman–Crippen LogP) is 1.36. The highest BCUT2D eigenvalue weighted by Crippen LogP contribution is 2.26. The Kier molecular flexibility index (Phi) is 4.48. The van der Waals surface area contributed by atoms with Crippen LogP contribution in [0, 0.1) is 6.92 Å². The summed E-state index contributed by atoms with van der Waals surface area (Å²) >= 11 is 0. The summed E-state index contributed by atoms with van der Waals surface area (Å²) in [6.45, 7) is 9.10. The minimum absolute atomic E-state index is 0.180.